The summed E-state index contributed by atoms with van der Waals surface area (Å²) in [7, 11) is -1.39. The van der Waals surface area contributed by atoms with Crippen LogP contribution in [0.2, 0.25) is 0 Å². The van der Waals surface area contributed by atoms with Gasteiger partial charge in [0.05, 0.1) is 20.2 Å². The van der Waals surface area contributed by atoms with Gasteiger partial charge in [-0.2, -0.15) is 0 Å². The summed E-state index contributed by atoms with van der Waals surface area (Å²) in [4.78, 5) is 0. The van der Waals surface area contributed by atoms with Crippen LogP contribution in [0.3, 0.4) is 0 Å². The van der Waals surface area contributed by atoms with Crippen molar-refractivity contribution in [3.05, 3.63) is 33.5 Å². The SMILES string of the molecule is Cc1c([C@H](C)CC(C)(C)S(N)=O)ccc(Br)c1F. The van der Waals surface area contributed by atoms with Gasteiger partial charge in [0, 0.05) is 0 Å². The fourth-order valence-electron chi connectivity index (χ4n) is 2.13. The maximum atomic E-state index is 13.8. The van der Waals surface area contributed by atoms with E-state index in [4.69, 9.17) is 5.14 Å². The zero-order valence-corrected chi connectivity index (χ0v) is 13.5. The van der Waals surface area contributed by atoms with E-state index in [1.165, 1.54) is 0 Å². The quantitative estimate of drug-likeness (QED) is 0.893. The zero-order chi connectivity index (χ0) is 14.1. The van der Waals surface area contributed by atoms with E-state index in [2.05, 4.69) is 15.9 Å². The minimum absolute atomic E-state index is 0.107. The summed E-state index contributed by atoms with van der Waals surface area (Å²) in [6.07, 6.45) is 0.651. The summed E-state index contributed by atoms with van der Waals surface area (Å²) in [5.41, 5.74) is 1.57. The highest BCUT2D eigenvalue weighted by atomic mass is 79.9. The molecule has 0 aliphatic carbocycles. The maximum Gasteiger partial charge on any atom is 0.140 e. The molecule has 0 heterocycles. The summed E-state index contributed by atoms with van der Waals surface area (Å²) in [6, 6.07) is 3.61. The summed E-state index contributed by atoms with van der Waals surface area (Å²) in [6.45, 7) is 7.50. The molecular formula is C13H19BrFNOS. The van der Waals surface area contributed by atoms with Crippen LogP contribution in [-0.4, -0.2) is 8.96 Å². The van der Waals surface area contributed by atoms with E-state index >= 15 is 0 Å². The number of nitrogens with two attached hydrogens (primary N) is 1. The van der Waals surface area contributed by atoms with Gasteiger partial charge in [-0.15, -0.1) is 0 Å². The highest BCUT2D eigenvalue weighted by molar-refractivity contribution is 9.10. The van der Waals surface area contributed by atoms with Crippen LogP contribution in [0.15, 0.2) is 16.6 Å². The van der Waals surface area contributed by atoms with E-state index < -0.39 is 15.7 Å². The van der Waals surface area contributed by atoms with E-state index in [9.17, 15) is 8.60 Å². The Labute approximate surface area is 119 Å². The Morgan fingerprint density at radius 1 is 1.50 bits per heavy atom. The fourth-order valence-corrected chi connectivity index (χ4v) is 2.97. The van der Waals surface area contributed by atoms with Gasteiger partial charge in [0.15, 0.2) is 0 Å². The third-order valence-electron chi connectivity index (χ3n) is 3.25. The van der Waals surface area contributed by atoms with Gasteiger partial charge in [0.2, 0.25) is 0 Å². The van der Waals surface area contributed by atoms with Crippen molar-refractivity contribution in [2.45, 2.75) is 44.8 Å². The molecule has 0 amide bonds. The first kappa shape index (κ1) is 15.8. The predicted molar refractivity (Wildman–Crippen MR) is 78.3 cm³/mol. The molecule has 5 heteroatoms. The molecule has 0 aromatic heterocycles. The largest absolute Gasteiger partial charge is 0.251 e. The van der Waals surface area contributed by atoms with Crippen LogP contribution in [0.1, 0.15) is 44.2 Å². The lowest BCUT2D eigenvalue weighted by atomic mass is 9.89. The zero-order valence-electron chi connectivity index (χ0n) is 11.1. The molecule has 102 valence electrons. The number of benzene rings is 1. The van der Waals surface area contributed by atoms with Crippen LogP contribution in [0, 0.1) is 12.7 Å². The number of hydrogen-bond acceptors (Lipinski definition) is 1. The molecule has 18 heavy (non-hydrogen) atoms. The van der Waals surface area contributed by atoms with Gasteiger partial charge in [-0.05, 0) is 66.2 Å². The van der Waals surface area contributed by atoms with Crippen LogP contribution >= 0.6 is 15.9 Å². The van der Waals surface area contributed by atoms with E-state index in [1.54, 1.807) is 13.0 Å². The van der Waals surface area contributed by atoms with Crippen LogP contribution in [-0.2, 0) is 11.0 Å². The first-order valence-electron chi connectivity index (χ1n) is 5.77. The minimum atomic E-state index is -1.39. The van der Waals surface area contributed by atoms with E-state index in [0.717, 1.165) is 5.56 Å². The third-order valence-corrected chi connectivity index (χ3v) is 5.12. The second-order valence-electron chi connectivity index (χ2n) is 5.24. The molecule has 0 bridgehead atoms. The van der Waals surface area contributed by atoms with Crippen molar-refractivity contribution in [3.8, 4) is 0 Å². The molecule has 1 rings (SSSR count). The molecule has 2 atom stereocenters. The summed E-state index contributed by atoms with van der Waals surface area (Å²) < 4.78 is 25.3. The molecule has 0 spiro atoms. The molecule has 2 nitrogen and oxygen atoms in total. The summed E-state index contributed by atoms with van der Waals surface area (Å²) >= 11 is 3.17. The van der Waals surface area contributed by atoms with Crippen LogP contribution < -0.4 is 5.14 Å². The lowest BCUT2D eigenvalue weighted by molar-refractivity contribution is 0.533. The first-order chi connectivity index (χ1) is 8.16. The predicted octanol–water partition coefficient (Wildman–Crippen LogP) is 3.79. The molecule has 0 aliphatic heterocycles. The molecule has 0 saturated carbocycles. The number of halogens is 2. The standard InChI is InChI=1S/C13H19BrFNOS/c1-8(7-13(3,4)18(16)17)10-5-6-11(14)12(15)9(10)2/h5-6,8H,7,16H2,1-4H3/t8-,18?/m1/s1. The fraction of sp³-hybridized carbons (Fsp3) is 0.538. The maximum absolute atomic E-state index is 13.8. The average molecular weight is 336 g/mol. The van der Waals surface area contributed by atoms with Gasteiger partial charge in [0.1, 0.15) is 5.82 Å². The van der Waals surface area contributed by atoms with E-state index in [0.29, 0.717) is 16.5 Å². The number of hydrogen-bond donors (Lipinski definition) is 1. The summed E-state index contributed by atoms with van der Waals surface area (Å²) in [5, 5.41) is 5.48. The smallest absolute Gasteiger partial charge is 0.140 e. The molecule has 1 aromatic carbocycles. The molecule has 2 N–H and O–H groups in total. The van der Waals surface area contributed by atoms with Crippen molar-refractivity contribution >= 4 is 26.9 Å². The van der Waals surface area contributed by atoms with Crippen molar-refractivity contribution in [2.24, 2.45) is 5.14 Å². The van der Waals surface area contributed by atoms with Gasteiger partial charge in [0.25, 0.3) is 0 Å². The van der Waals surface area contributed by atoms with Crippen molar-refractivity contribution in [2.75, 3.05) is 0 Å². The topological polar surface area (TPSA) is 43.1 Å². The minimum Gasteiger partial charge on any atom is -0.251 e. The van der Waals surface area contributed by atoms with Crippen molar-refractivity contribution in [1.29, 1.82) is 0 Å². The molecule has 0 radical (unpaired) electrons. The molecular weight excluding hydrogens is 317 g/mol. The molecule has 0 aliphatic rings. The molecule has 0 saturated heterocycles. The Morgan fingerprint density at radius 3 is 2.56 bits per heavy atom. The van der Waals surface area contributed by atoms with Crippen LogP contribution in [0.25, 0.3) is 0 Å². The van der Waals surface area contributed by atoms with Gasteiger partial charge >= 0.3 is 0 Å². The third kappa shape index (κ3) is 3.39. The Morgan fingerprint density at radius 2 is 2.06 bits per heavy atom. The first-order valence-corrected chi connectivity index (χ1v) is 7.78. The summed E-state index contributed by atoms with van der Waals surface area (Å²) in [5.74, 6) is -0.124. The Kier molecular flexibility index (Phi) is 5.09. The highest BCUT2D eigenvalue weighted by Gasteiger charge is 2.27. The second-order valence-corrected chi connectivity index (χ2v) is 7.79. The van der Waals surface area contributed by atoms with Crippen molar-refractivity contribution < 1.29 is 8.60 Å². The molecule has 0 fully saturated rings. The lowest BCUT2D eigenvalue weighted by Crippen LogP contribution is -2.33. The monoisotopic (exact) mass is 335 g/mol. The highest BCUT2D eigenvalue weighted by Crippen LogP contribution is 2.32. The Hall–Kier alpha value is -0.260. The normalized spacial score (nSPS) is 15.5. The van der Waals surface area contributed by atoms with E-state index in [-0.39, 0.29) is 11.7 Å². The van der Waals surface area contributed by atoms with Crippen LogP contribution in [0.5, 0.6) is 0 Å². The van der Waals surface area contributed by atoms with Crippen molar-refractivity contribution in [3.63, 3.8) is 0 Å². The second kappa shape index (κ2) is 5.80. The Balaban J connectivity index is 3.02. The van der Waals surface area contributed by atoms with Gasteiger partial charge in [-0.25, -0.2) is 8.60 Å². The molecule has 1 unspecified atom stereocenters. The van der Waals surface area contributed by atoms with Gasteiger partial charge in [-0.1, -0.05) is 13.0 Å². The van der Waals surface area contributed by atoms with Crippen LogP contribution in [0.4, 0.5) is 4.39 Å². The lowest BCUT2D eigenvalue weighted by Gasteiger charge is -2.26. The van der Waals surface area contributed by atoms with Gasteiger partial charge in [-0.3, -0.25) is 5.14 Å². The van der Waals surface area contributed by atoms with Gasteiger partial charge < -0.3 is 0 Å². The average Bonchev–Trinajstić information content (AvgIpc) is 2.25. The van der Waals surface area contributed by atoms with E-state index in [1.807, 2.05) is 26.8 Å². The number of rotatable bonds is 4. The molecule has 1 aromatic rings. The van der Waals surface area contributed by atoms with Crippen molar-refractivity contribution in [1.82, 2.24) is 0 Å². The Bertz CT molecular complexity index is 476.